The fourth-order valence-corrected chi connectivity index (χ4v) is 6.07. The smallest absolute Gasteiger partial charge is 0.333 e. The average Bonchev–Trinajstić information content (AvgIpc) is 3.19. The summed E-state index contributed by atoms with van der Waals surface area (Å²) < 4.78 is 14.7. The van der Waals surface area contributed by atoms with Crippen LogP contribution in [-0.2, 0) is 23.8 Å². The summed E-state index contributed by atoms with van der Waals surface area (Å²) in [5.74, 6) is 3.27. The molecule has 4 bridgehead atoms. The molecule has 0 radical (unpaired) electrons. The van der Waals surface area contributed by atoms with Crippen molar-refractivity contribution in [1.82, 2.24) is 0 Å². The number of esters is 2. The summed E-state index contributed by atoms with van der Waals surface area (Å²) in [6.45, 7) is 8.44. The number of carbonyl (C=O) groups is 2. The number of hydrogen-bond donors (Lipinski definition) is 0. The maximum Gasteiger partial charge on any atom is 0.333 e. The zero-order chi connectivity index (χ0) is 20.3. The standard InChI is InChI=1S/C14H20O2.C9H14O3/c1-8(14(15)16-2)13-11-4-9-3-10(6-11)7-12(13)5-9;1-7(9(10)11-2)6-8-4-3-5-12-8/h9-13H,1,3-7H2,2H3;8H,1,3-6H2,2H3. The first-order chi connectivity index (χ1) is 13.4. The van der Waals surface area contributed by atoms with Gasteiger partial charge in [-0.3, -0.25) is 0 Å². The van der Waals surface area contributed by atoms with Crippen molar-refractivity contribution in [2.45, 2.75) is 57.5 Å². The molecule has 5 aliphatic rings. The highest BCUT2D eigenvalue weighted by Crippen LogP contribution is 2.58. The van der Waals surface area contributed by atoms with Gasteiger partial charge in [-0.1, -0.05) is 13.2 Å². The van der Waals surface area contributed by atoms with Crippen LogP contribution in [0.3, 0.4) is 0 Å². The Morgan fingerprint density at radius 3 is 1.96 bits per heavy atom. The SMILES string of the molecule is C=C(C(=O)OC)C1C2CC3CC(C2)CC1C3.C=C(CC1CCCO1)C(=O)OC. The molecule has 0 aromatic rings. The minimum Gasteiger partial charge on any atom is -0.466 e. The van der Waals surface area contributed by atoms with Crippen LogP contribution in [0.15, 0.2) is 24.3 Å². The lowest BCUT2D eigenvalue weighted by Crippen LogP contribution is -2.46. The van der Waals surface area contributed by atoms with Crippen molar-refractivity contribution < 1.29 is 23.8 Å². The zero-order valence-corrected chi connectivity index (χ0v) is 17.3. The molecule has 1 unspecified atom stereocenters. The molecule has 5 heteroatoms. The molecule has 0 N–H and O–H groups in total. The predicted octanol–water partition coefficient (Wildman–Crippen LogP) is 4.07. The van der Waals surface area contributed by atoms with Gasteiger partial charge in [-0.15, -0.1) is 0 Å². The molecule has 156 valence electrons. The van der Waals surface area contributed by atoms with Crippen LogP contribution in [0.25, 0.3) is 0 Å². The lowest BCUT2D eigenvalue weighted by Gasteiger charge is -2.54. The number of carbonyl (C=O) groups excluding carboxylic acids is 2. The van der Waals surface area contributed by atoms with Crippen LogP contribution in [-0.4, -0.2) is 38.9 Å². The van der Waals surface area contributed by atoms with Gasteiger partial charge in [0.05, 0.1) is 20.3 Å². The average molecular weight is 391 g/mol. The lowest BCUT2D eigenvalue weighted by molar-refractivity contribution is -0.138. The van der Waals surface area contributed by atoms with Crippen LogP contribution < -0.4 is 0 Å². The quantitative estimate of drug-likeness (QED) is 0.523. The van der Waals surface area contributed by atoms with Crippen molar-refractivity contribution in [3.05, 3.63) is 24.3 Å². The molecule has 1 aliphatic heterocycles. The van der Waals surface area contributed by atoms with Gasteiger partial charge >= 0.3 is 11.9 Å². The van der Waals surface area contributed by atoms with E-state index >= 15 is 0 Å². The molecule has 1 saturated heterocycles. The van der Waals surface area contributed by atoms with E-state index in [4.69, 9.17) is 9.47 Å². The van der Waals surface area contributed by atoms with E-state index in [9.17, 15) is 9.59 Å². The van der Waals surface area contributed by atoms with E-state index in [0.717, 1.165) is 48.7 Å². The van der Waals surface area contributed by atoms with Crippen molar-refractivity contribution in [3.8, 4) is 0 Å². The van der Waals surface area contributed by atoms with Gasteiger partial charge in [0.2, 0.25) is 0 Å². The Bertz CT molecular complexity index is 588. The molecular formula is C23H34O5. The van der Waals surface area contributed by atoms with Crippen molar-refractivity contribution in [3.63, 3.8) is 0 Å². The largest absolute Gasteiger partial charge is 0.466 e. The Balaban J connectivity index is 0.000000169. The Morgan fingerprint density at radius 2 is 1.50 bits per heavy atom. The molecule has 1 heterocycles. The zero-order valence-electron chi connectivity index (χ0n) is 17.3. The highest BCUT2D eigenvalue weighted by molar-refractivity contribution is 5.88. The molecule has 4 aliphatic carbocycles. The Labute approximate surface area is 168 Å². The monoisotopic (exact) mass is 390 g/mol. The summed E-state index contributed by atoms with van der Waals surface area (Å²) in [5, 5.41) is 0. The van der Waals surface area contributed by atoms with Crippen LogP contribution in [0, 0.1) is 29.6 Å². The van der Waals surface area contributed by atoms with E-state index in [1.165, 1.54) is 46.3 Å². The van der Waals surface area contributed by atoms with Gasteiger partial charge in [-0.25, -0.2) is 9.59 Å². The predicted molar refractivity (Wildman–Crippen MR) is 106 cm³/mol. The number of ether oxygens (including phenoxy) is 3. The van der Waals surface area contributed by atoms with E-state index < -0.39 is 0 Å². The van der Waals surface area contributed by atoms with E-state index in [1.807, 2.05) is 0 Å². The highest BCUT2D eigenvalue weighted by atomic mass is 16.5. The second-order valence-corrected chi connectivity index (χ2v) is 8.91. The highest BCUT2D eigenvalue weighted by Gasteiger charge is 2.49. The van der Waals surface area contributed by atoms with E-state index in [1.54, 1.807) is 0 Å². The third-order valence-electron chi connectivity index (χ3n) is 7.05. The minimum atomic E-state index is -0.328. The molecule has 5 nitrogen and oxygen atoms in total. The molecule has 1 atom stereocenters. The first-order valence-electron chi connectivity index (χ1n) is 10.6. The van der Waals surface area contributed by atoms with Gasteiger partial charge in [-0.05, 0) is 74.5 Å². The molecule has 4 saturated carbocycles. The minimum absolute atomic E-state index is 0.177. The maximum atomic E-state index is 11.6. The number of methoxy groups -OCH3 is 2. The summed E-state index contributed by atoms with van der Waals surface area (Å²) in [6.07, 6.45) is 9.64. The maximum absolute atomic E-state index is 11.6. The topological polar surface area (TPSA) is 61.8 Å². The number of hydrogen-bond acceptors (Lipinski definition) is 5. The molecule has 0 aromatic carbocycles. The van der Waals surface area contributed by atoms with Crippen molar-refractivity contribution in [2.75, 3.05) is 20.8 Å². The van der Waals surface area contributed by atoms with Gasteiger partial charge in [0.15, 0.2) is 0 Å². The van der Waals surface area contributed by atoms with Crippen LogP contribution in [0.1, 0.15) is 51.4 Å². The molecule has 0 spiro atoms. The summed E-state index contributed by atoms with van der Waals surface area (Å²) in [6, 6.07) is 0. The summed E-state index contributed by atoms with van der Waals surface area (Å²) in [7, 11) is 2.83. The molecule has 0 aromatic heterocycles. The van der Waals surface area contributed by atoms with Crippen molar-refractivity contribution in [1.29, 1.82) is 0 Å². The van der Waals surface area contributed by atoms with E-state index in [2.05, 4.69) is 17.9 Å². The normalized spacial score (nSPS) is 34.9. The third-order valence-corrected chi connectivity index (χ3v) is 7.05. The fraction of sp³-hybridized carbons (Fsp3) is 0.739. The molecule has 0 amide bonds. The summed E-state index contributed by atoms with van der Waals surface area (Å²) in [4.78, 5) is 22.5. The van der Waals surface area contributed by atoms with Crippen molar-refractivity contribution in [2.24, 2.45) is 29.6 Å². The fourth-order valence-electron chi connectivity index (χ4n) is 6.07. The summed E-state index contributed by atoms with van der Waals surface area (Å²) >= 11 is 0. The van der Waals surface area contributed by atoms with Gasteiger partial charge in [0, 0.05) is 24.2 Å². The van der Waals surface area contributed by atoms with Crippen LogP contribution >= 0.6 is 0 Å². The number of rotatable bonds is 5. The lowest BCUT2D eigenvalue weighted by atomic mass is 9.50. The van der Waals surface area contributed by atoms with Gasteiger partial charge in [0.25, 0.3) is 0 Å². The molecule has 28 heavy (non-hydrogen) atoms. The second kappa shape index (κ2) is 9.25. The van der Waals surface area contributed by atoms with Crippen LogP contribution in [0.4, 0.5) is 0 Å². The van der Waals surface area contributed by atoms with Gasteiger partial charge < -0.3 is 14.2 Å². The van der Waals surface area contributed by atoms with E-state index in [0.29, 0.717) is 17.9 Å². The molecule has 5 rings (SSSR count). The van der Waals surface area contributed by atoms with Crippen molar-refractivity contribution >= 4 is 11.9 Å². The molecular weight excluding hydrogens is 356 g/mol. The summed E-state index contributed by atoms with van der Waals surface area (Å²) in [5.41, 5.74) is 1.25. The Kier molecular flexibility index (Phi) is 6.97. The van der Waals surface area contributed by atoms with Gasteiger partial charge in [0.1, 0.15) is 0 Å². The molecule has 5 fully saturated rings. The Morgan fingerprint density at radius 1 is 0.929 bits per heavy atom. The van der Waals surface area contributed by atoms with Crippen LogP contribution in [0.2, 0.25) is 0 Å². The first kappa shape index (κ1) is 21.1. The first-order valence-corrected chi connectivity index (χ1v) is 10.6. The Hall–Kier alpha value is -1.62. The van der Waals surface area contributed by atoms with Gasteiger partial charge in [-0.2, -0.15) is 0 Å². The van der Waals surface area contributed by atoms with E-state index in [-0.39, 0.29) is 18.0 Å². The second-order valence-electron chi connectivity index (χ2n) is 8.91. The van der Waals surface area contributed by atoms with Crippen LogP contribution in [0.5, 0.6) is 0 Å². The third kappa shape index (κ3) is 4.68.